The second kappa shape index (κ2) is 22.0. The summed E-state index contributed by atoms with van der Waals surface area (Å²) in [5, 5.41) is 5.17. The molecule has 94 heavy (non-hydrogen) atoms. The van der Waals surface area contributed by atoms with Gasteiger partial charge in [-0.3, -0.25) is 0 Å². The second-order valence-electron chi connectivity index (χ2n) is 24.4. The molecule has 6 nitrogen and oxygen atoms in total. The zero-order chi connectivity index (χ0) is 61.8. The first-order valence-electron chi connectivity index (χ1n) is 31.8. The van der Waals surface area contributed by atoms with E-state index in [2.05, 4.69) is 267 Å². The molecule has 0 spiro atoms. The van der Waals surface area contributed by atoms with Gasteiger partial charge in [0.2, 0.25) is 0 Å². The number of nitrogens with zero attached hydrogens (tertiary/aromatic N) is 6. The number of benzene rings is 13. The van der Waals surface area contributed by atoms with Crippen LogP contribution in [-0.2, 0) is 0 Å². The Kier molecular flexibility index (Phi) is 12.7. The topological polar surface area (TPSA) is 77.3 Å². The molecule has 0 amide bonds. The van der Waals surface area contributed by atoms with Crippen LogP contribution in [0.3, 0.4) is 0 Å². The highest BCUT2D eigenvalue weighted by Gasteiger charge is 2.41. The average molecular weight is 1230 g/mol. The van der Waals surface area contributed by atoms with E-state index in [1.54, 1.807) is 0 Å². The van der Waals surface area contributed by atoms with Gasteiger partial charge >= 0.3 is 0 Å². The fraction of sp³-hybridized carbons (Fsp3) is 0.0233. The number of thiophene rings is 2. The van der Waals surface area contributed by atoms with E-state index in [0.717, 1.165) is 55.6 Å². The summed E-state index contributed by atoms with van der Waals surface area (Å²) in [7, 11) is 0. The summed E-state index contributed by atoms with van der Waals surface area (Å²) in [5.74, 6) is 4.01. The van der Waals surface area contributed by atoms with Crippen molar-refractivity contribution in [2.75, 3.05) is 0 Å². The molecule has 13 aromatic carbocycles. The van der Waals surface area contributed by atoms with E-state index >= 15 is 0 Å². The van der Waals surface area contributed by atoms with Gasteiger partial charge in [-0.05, 0) is 102 Å². The Bertz CT molecular complexity index is 5480. The Labute approximate surface area is 550 Å². The van der Waals surface area contributed by atoms with Gasteiger partial charge in [0.25, 0.3) is 0 Å². The quantitative estimate of drug-likeness (QED) is 0.136. The van der Waals surface area contributed by atoms with Crippen LogP contribution in [0.4, 0.5) is 0 Å². The molecule has 4 aromatic heterocycles. The van der Waals surface area contributed by atoms with Gasteiger partial charge < -0.3 is 0 Å². The molecule has 0 radical (unpaired) electrons. The molecule has 3 aliphatic rings. The fourth-order valence-corrected chi connectivity index (χ4v) is 16.9. The molecule has 2 bridgehead atoms. The van der Waals surface area contributed by atoms with Crippen molar-refractivity contribution in [2.24, 2.45) is 0 Å². The van der Waals surface area contributed by atoms with Crippen molar-refractivity contribution in [1.82, 2.24) is 29.9 Å². The molecule has 0 N–H and O–H groups in total. The summed E-state index contributed by atoms with van der Waals surface area (Å²) in [4.78, 5) is 30.7. The van der Waals surface area contributed by atoms with Crippen LogP contribution in [0, 0.1) is 0 Å². The Hall–Kier alpha value is -11.7. The van der Waals surface area contributed by atoms with Gasteiger partial charge in [-0.15, -0.1) is 22.7 Å². The fourth-order valence-electron chi connectivity index (χ4n) is 14.4. The largest absolute Gasteiger partial charge is 0.208 e. The van der Waals surface area contributed by atoms with Gasteiger partial charge in [0.15, 0.2) is 34.9 Å². The standard InChI is InChI=1S/C86H52N6S2/c1-3-15-55(16-4-1)81-87-83(91-85(89-81)59-41-33-53(34-42-59)63-23-13-25-71-65-19-9-11-27-75(65)93-79(63)71)57-37-29-51(30-38-57)61-45-47-69-73(49-61)77-67-21-7-8-22-68(67)78(69)74-50-62(46-48-70(74)77)52-31-39-58(40-32-52)84-88-82(56-17-5-2-6-18-56)90-86(92-84)60-43-35-54(36-44-60)64-24-14-26-72-66-20-10-12-28-76(66)94-80(64)72/h1-50,77-78H. The normalized spacial score (nSPS) is 13.7. The Morgan fingerprint density at radius 3 is 0.840 bits per heavy atom. The molecule has 8 heteroatoms. The van der Waals surface area contributed by atoms with E-state index in [1.807, 2.05) is 59.1 Å². The van der Waals surface area contributed by atoms with Gasteiger partial charge in [0.1, 0.15) is 0 Å². The molecule has 438 valence electrons. The van der Waals surface area contributed by atoms with Crippen molar-refractivity contribution in [3.63, 3.8) is 0 Å². The van der Waals surface area contributed by atoms with Crippen molar-refractivity contribution in [2.45, 2.75) is 11.8 Å². The first kappa shape index (κ1) is 54.1. The summed E-state index contributed by atoms with van der Waals surface area (Å²) < 4.78 is 5.19. The van der Waals surface area contributed by atoms with Crippen LogP contribution in [0.1, 0.15) is 45.2 Å². The van der Waals surface area contributed by atoms with Crippen molar-refractivity contribution in [3.8, 4) is 113 Å². The zero-order valence-electron chi connectivity index (χ0n) is 50.5. The Balaban J connectivity index is 0.612. The molecule has 0 saturated carbocycles. The van der Waals surface area contributed by atoms with Gasteiger partial charge in [-0.1, -0.05) is 279 Å². The van der Waals surface area contributed by atoms with Crippen molar-refractivity contribution < 1.29 is 0 Å². The number of hydrogen-bond donors (Lipinski definition) is 0. The van der Waals surface area contributed by atoms with E-state index in [-0.39, 0.29) is 11.8 Å². The predicted octanol–water partition coefficient (Wildman–Crippen LogP) is 22.4. The maximum Gasteiger partial charge on any atom is 0.164 e. The molecular formula is C86H52N6S2. The summed E-state index contributed by atoms with van der Waals surface area (Å²) in [6.45, 7) is 0. The number of fused-ring (bicyclic) bond motifs is 6. The Morgan fingerprint density at radius 2 is 0.468 bits per heavy atom. The van der Waals surface area contributed by atoms with Gasteiger partial charge in [-0.25, -0.2) is 29.9 Å². The minimum absolute atomic E-state index is 0.101. The minimum Gasteiger partial charge on any atom is -0.208 e. The lowest BCUT2D eigenvalue weighted by atomic mass is 9.60. The summed E-state index contributed by atoms with van der Waals surface area (Å²) in [5.41, 5.74) is 23.2. The van der Waals surface area contributed by atoms with Crippen LogP contribution in [0.25, 0.3) is 153 Å². The summed E-state index contributed by atoms with van der Waals surface area (Å²) in [6, 6.07) is 109. The molecule has 0 saturated heterocycles. The van der Waals surface area contributed by atoms with E-state index in [9.17, 15) is 0 Å². The molecule has 3 aliphatic carbocycles. The van der Waals surface area contributed by atoms with Crippen LogP contribution in [0.2, 0.25) is 0 Å². The smallest absolute Gasteiger partial charge is 0.164 e. The maximum absolute atomic E-state index is 5.17. The molecular weight excluding hydrogens is 1180 g/mol. The third kappa shape index (κ3) is 9.13. The molecule has 0 aliphatic heterocycles. The lowest BCUT2D eigenvalue weighted by molar-refractivity contribution is 0.755. The van der Waals surface area contributed by atoms with Crippen LogP contribution in [0.5, 0.6) is 0 Å². The highest BCUT2D eigenvalue weighted by molar-refractivity contribution is 7.26. The monoisotopic (exact) mass is 1230 g/mol. The molecule has 2 unspecified atom stereocenters. The van der Waals surface area contributed by atoms with Crippen molar-refractivity contribution in [1.29, 1.82) is 0 Å². The van der Waals surface area contributed by atoms with Crippen molar-refractivity contribution >= 4 is 63.0 Å². The SMILES string of the molecule is c1ccc(-c2nc(-c3ccc(-c4ccc5c(c4)C4c6ccccc6C5c5cc(-c6ccc(-c7nc(-c8ccccc8)nc(-c8ccc(-c9cccc%10c9sc9ccccc9%10)cc8)n7)cc6)ccc54)cc3)nc(-c3ccc(-c4cccc5c4sc4ccccc45)cc3)n2)cc1. The highest BCUT2D eigenvalue weighted by Crippen LogP contribution is 2.57. The van der Waals surface area contributed by atoms with E-state index in [0.29, 0.717) is 34.9 Å². The van der Waals surface area contributed by atoms with Crippen LogP contribution < -0.4 is 0 Å². The molecule has 0 fully saturated rings. The lowest BCUT2D eigenvalue weighted by Gasteiger charge is -2.42. The third-order valence-electron chi connectivity index (χ3n) is 19.0. The predicted molar refractivity (Wildman–Crippen MR) is 388 cm³/mol. The molecule has 4 heterocycles. The van der Waals surface area contributed by atoms with Crippen LogP contribution in [-0.4, -0.2) is 29.9 Å². The number of hydrogen-bond acceptors (Lipinski definition) is 8. The molecule has 2 atom stereocenters. The van der Waals surface area contributed by atoms with Gasteiger partial charge in [-0.2, -0.15) is 0 Å². The van der Waals surface area contributed by atoms with E-state index in [4.69, 9.17) is 29.9 Å². The third-order valence-corrected chi connectivity index (χ3v) is 21.5. The first-order valence-corrected chi connectivity index (χ1v) is 33.4. The van der Waals surface area contributed by atoms with Gasteiger partial charge in [0.05, 0.1) is 0 Å². The van der Waals surface area contributed by atoms with E-state index in [1.165, 1.54) is 96.0 Å². The van der Waals surface area contributed by atoms with Crippen LogP contribution in [0.15, 0.2) is 303 Å². The molecule has 17 aromatic rings. The first-order chi connectivity index (χ1) is 46.5. The average Bonchev–Trinajstić information content (AvgIpc) is 1.05. The molecule has 20 rings (SSSR count). The summed E-state index contributed by atoms with van der Waals surface area (Å²) >= 11 is 3.70. The summed E-state index contributed by atoms with van der Waals surface area (Å²) in [6.07, 6.45) is 0. The lowest BCUT2D eigenvalue weighted by Crippen LogP contribution is -2.27. The maximum atomic E-state index is 5.17. The zero-order valence-corrected chi connectivity index (χ0v) is 52.2. The Morgan fingerprint density at radius 1 is 0.191 bits per heavy atom. The van der Waals surface area contributed by atoms with E-state index < -0.39 is 0 Å². The second-order valence-corrected chi connectivity index (χ2v) is 26.5. The van der Waals surface area contributed by atoms with Gasteiger partial charge in [0, 0.05) is 85.6 Å². The number of rotatable bonds is 10. The highest BCUT2D eigenvalue weighted by atomic mass is 32.1. The van der Waals surface area contributed by atoms with Crippen molar-refractivity contribution in [3.05, 3.63) is 337 Å². The number of aromatic nitrogens is 6. The minimum atomic E-state index is 0.101. The van der Waals surface area contributed by atoms with Crippen LogP contribution >= 0.6 is 22.7 Å².